The van der Waals surface area contributed by atoms with Crippen molar-refractivity contribution in [2.45, 2.75) is 20.1 Å². The van der Waals surface area contributed by atoms with Gasteiger partial charge in [-0.3, -0.25) is 0 Å². The highest BCUT2D eigenvalue weighted by Gasteiger charge is 2.11. The Hall–Kier alpha value is -3.58. The van der Waals surface area contributed by atoms with Crippen molar-refractivity contribution in [1.82, 2.24) is 9.55 Å². The summed E-state index contributed by atoms with van der Waals surface area (Å²) in [5, 5.41) is 0. The minimum Gasteiger partial charge on any atom is -0.497 e. The van der Waals surface area contributed by atoms with Gasteiger partial charge < -0.3 is 23.5 Å². The first-order valence-corrected chi connectivity index (χ1v) is 10.3. The van der Waals surface area contributed by atoms with Crippen LogP contribution in [0.15, 0.2) is 66.8 Å². The van der Waals surface area contributed by atoms with E-state index in [-0.39, 0.29) is 5.97 Å². The van der Waals surface area contributed by atoms with Crippen LogP contribution >= 0.6 is 0 Å². The van der Waals surface area contributed by atoms with Gasteiger partial charge in [-0.05, 0) is 48.4 Å². The van der Waals surface area contributed by atoms with Crippen molar-refractivity contribution in [1.29, 1.82) is 0 Å². The summed E-state index contributed by atoms with van der Waals surface area (Å²) in [4.78, 5) is 16.2. The fraction of sp³-hybridized carbons (Fsp3) is 0.280. The number of benzene rings is 2. The Kier molecular flexibility index (Phi) is 8.45. The summed E-state index contributed by atoms with van der Waals surface area (Å²) < 4.78 is 23.8. The van der Waals surface area contributed by atoms with E-state index in [1.165, 1.54) is 0 Å². The molecule has 0 amide bonds. The van der Waals surface area contributed by atoms with Crippen LogP contribution in [0.25, 0.3) is 6.08 Å². The standard InChI is InChI=1S/C25H28N2O5/c1-4-32-25(28)22-8-7-21(24(14-22)30-3)13-20(15-27-12-11-26-18-27)17-31-16-19-5-9-23(29-2)10-6-19/h5-14,18H,4,15-17H2,1-3H3. The van der Waals surface area contributed by atoms with Crippen molar-refractivity contribution in [3.63, 3.8) is 0 Å². The maximum Gasteiger partial charge on any atom is 0.338 e. The third-order valence-corrected chi connectivity index (χ3v) is 4.76. The number of rotatable bonds is 11. The molecule has 0 N–H and O–H groups in total. The zero-order chi connectivity index (χ0) is 22.8. The molecule has 1 aromatic heterocycles. The number of esters is 1. The molecule has 7 nitrogen and oxygen atoms in total. The van der Waals surface area contributed by atoms with Crippen molar-refractivity contribution in [2.75, 3.05) is 27.4 Å². The molecule has 0 aliphatic carbocycles. The van der Waals surface area contributed by atoms with Gasteiger partial charge in [0.1, 0.15) is 11.5 Å². The highest BCUT2D eigenvalue weighted by Crippen LogP contribution is 2.24. The molecule has 0 spiro atoms. The first-order chi connectivity index (χ1) is 15.6. The van der Waals surface area contributed by atoms with Gasteiger partial charge in [-0.15, -0.1) is 0 Å². The maximum absolute atomic E-state index is 12.0. The van der Waals surface area contributed by atoms with E-state index in [1.54, 1.807) is 45.8 Å². The lowest BCUT2D eigenvalue weighted by molar-refractivity contribution is 0.0526. The molecule has 0 unspecified atom stereocenters. The summed E-state index contributed by atoms with van der Waals surface area (Å²) >= 11 is 0. The summed E-state index contributed by atoms with van der Waals surface area (Å²) in [6.45, 7) is 3.62. The summed E-state index contributed by atoms with van der Waals surface area (Å²) in [6.07, 6.45) is 7.42. The number of hydrogen-bond acceptors (Lipinski definition) is 6. The highest BCUT2D eigenvalue weighted by atomic mass is 16.5. The Bertz CT molecular complexity index is 1030. The third-order valence-electron chi connectivity index (χ3n) is 4.76. The average molecular weight is 437 g/mol. The second-order valence-electron chi connectivity index (χ2n) is 7.06. The molecule has 32 heavy (non-hydrogen) atoms. The van der Waals surface area contributed by atoms with E-state index in [0.29, 0.717) is 37.7 Å². The quantitative estimate of drug-likeness (QED) is 0.416. The molecule has 1 heterocycles. The number of methoxy groups -OCH3 is 2. The number of aromatic nitrogens is 2. The van der Waals surface area contributed by atoms with Crippen molar-refractivity contribution in [2.24, 2.45) is 0 Å². The Balaban J connectivity index is 1.77. The van der Waals surface area contributed by atoms with Crippen LogP contribution in [0.4, 0.5) is 0 Å². The Morgan fingerprint density at radius 2 is 1.91 bits per heavy atom. The van der Waals surface area contributed by atoms with Gasteiger partial charge in [0.05, 0.1) is 45.9 Å². The molecular formula is C25H28N2O5. The lowest BCUT2D eigenvalue weighted by Crippen LogP contribution is -2.07. The Labute approximate surface area is 188 Å². The molecule has 0 aliphatic rings. The molecule has 0 saturated carbocycles. The van der Waals surface area contributed by atoms with Gasteiger partial charge in [-0.1, -0.05) is 18.2 Å². The molecule has 0 radical (unpaired) electrons. The lowest BCUT2D eigenvalue weighted by Gasteiger charge is -2.13. The molecule has 168 valence electrons. The zero-order valence-corrected chi connectivity index (χ0v) is 18.6. The predicted molar refractivity (Wildman–Crippen MR) is 122 cm³/mol. The largest absolute Gasteiger partial charge is 0.497 e. The van der Waals surface area contributed by atoms with Gasteiger partial charge in [0.25, 0.3) is 0 Å². The van der Waals surface area contributed by atoms with Crippen LogP contribution in [-0.4, -0.2) is 43.0 Å². The first kappa shape index (κ1) is 23.1. The van der Waals surface area contributed by atoms with Crippen LogP contribution in [0.2, 0.25) is 0 Å². The second-order valence-corrected chi connectivity index (χ2v) is 7.06. The van der Waals surface area contributed by atoms with Crippen molar-refractivity contribution in [3.8, 4) is 11.5 Å². The number of carbonyl (C=O) groups is 1. The van der Waals surface area contributed by atoms with Gasteiger partial charge in [0.15, 0.2) is 0 Å². The average Bonchev–Trinajstić information content (AvgIpc) is 3.33. The Morgan fingerprint density at radius 1 is 1.09 bits per heavy atom. The first-order valence-electron chi connectivity index (χ1n) is 10.3. The van der Waals surface area contributed by atoms with Crippen LogP contribution < -0.4 is 9.47 Å². The number of nitrogens with zero attached hydrogens (tertiary/aromatic N) is 2. The Morgan fingerprint density at radius 3 is 2.56 bits per heavy atom. The van der Waals surface area contributed by atoms with Gasteiger partial charge in [0.2, 0.25) is 0 Å². The molecule has 0 bridgehead atoms. The van der Waals surface area contributed by atoms with Gasteiger partial charge >= 0.3 is 5.97 Å². The second kappa shape index (κ2) is 11.7. The predicted octanol–water partition coefficient (Wildman–Crippen LogP) is 4.38. The molecule has 0 fully saturated rings. The van der Waals surface area contributed by atoms with E-state index in [4.69, 9.17) is 18.9 Å². The van der Waals surface area contributed by atoms with E-state index >= 15 is 0 Å². The minimum atomic E-state index is -0.372. The normalized spacial score (nSPS) is 11.3. The monoisotopic (exact) mass is 436 g/mol. The van der Waals surface area contributed by atoms with Crippen LogP contribution in [0.1, 0.15) is 28.4 Å². The van der Waals surface area contributed by atoms with Crippen LogP contribution in [-0.2, 0) is 22.6 Å². The molecular weight excluding hydrogens is 408 g/mol. The summed E-state index contributed by atoms with van der Waals surface area (Å²) in [5.41, 5.74) is 3.39. The molecule has 7 heteroatoms. The molecule has 2 aromatic carbocycles. The van der Waals surface area contributed by atoms with E-state index in [2.05, 4.69) is 4.98 Å². The molecule has 0 saturated heterocycles. The van der Waals surface area contributed by atoms with Gasteiger partial charge in [-0.2, -0.15) is 0 Å². The number of carbonyl (C=O) groups excluding carboxylic acids is 1. The number of ether oxygens (including phenoxy) is 4. The fourth-order valence-corrected chi connectivity index (χ4v) is 3.16. The van der Waals surface area contributed by atoms with E-state index < -0.39 is 0 Å². The van der Waals surface area contributed by atoms with E-state index in [9.17, 15) is 4.79 Å². The highest BCUT2D eigenvalue weighted by molar-refractivity contribution is 5.90. The number of imidazole rings is 1. The SMILES string of the molecule is CCOC(=O)c1ccc(C=C(COCc2ccc(OC)cc2)Cn2ccnc2)c(OC)c1. The van der Waals surface area contributed by atoms with Crippen molar-refractivity contribution < 1.29 is 23.7 Å². The van der Waals surface area contributed by atoms with E-state index in [1.807, 2.05) is 47.2 Å². The third kappa shape index (κ3) is 6.46. The van der Waals surface area contributed by atoms with E-state index in [0.717, 1.165) is 22.4 Å². The van der Waals surface area contributed by atoms with Crippen LogP contribution in [0, 0.1) is 0 Å². The lowest BCUT2D eigenvalue weighted by atomic mass is 10.1. The smallest absolute Gasteiger partial charge is 0.338 e. The maximum atomic E-state index is 12.0. The summed E-state index contributed by atoms with van der Waals surface area (Å²) in [6, 6.07) is 13.1. The summed E-state index contributed by atoms with van der Waals surface area (Å²) in [7, 11) is 3.23. The van der Waals surface area contributed by atoms with Crippen molar-refractivity contribution in [3.05, 3.63) is 83.4 Å². The van der Waals surface area contributed by atoms with Gasteiger partial charge in [0, 0.05) is 24.5 Å². The number of hydrogen-bond donors (Lipinski definition) is 0. The molecule has 0 atom stereocenters. The van der Waals surface area contributed by atoms with Crippen LogP contribution in [0.3, 0.4) is 0 Å². The van der Waals surface area contributed by atoms with Crippen molar-refractivity contribution >= 4 is 12.0 Å². The van der Waals surface area contributed by atoms with Gasteiger partial charge in [-0.25, -0.2) is 9.78 Å². The fourth-order valence-electron chi connectivity index (χ4n) is 3.16. The van der Waals surface area contributed by atoms with Crippen LogP contribution in [0.5, 0.6) is 11.5 Å². The topological polar surface area (TPSA) is 71.8 Å². The summed E-state index contributed by atoms with van der Waals surface area (Å²) in [5.74, 6) is 1.03. The zero-order valence-electron chi connectivity index (χ0n) is 18.6. The minimum absolute atomic E-state index is 0.323. The molecule has 3 rings (SSSR count). The molecule has 3 aromatic rings. The molecule has 0 aliphatic heterocycles.